The van der Waals surface area contributed by atoms with Gasteiger partial charge in [0.05, 0.1) is 5.56 Å². The smallest absolute Gasteiger partial charge is 0.278 e. The van der Waals surface area contributed by atoms with Crippen LogP contribution in [-0.4, -0.2) is 71.0 Å². The largest absolute Gasteiger partial charge is 0.350 e. The molecule has 2 aliphatic heterocycles. The molecule has 2 fully saturated rings. The maximum atomic E-state index is 12.4. The zero-order valence-electron chi connectivity index (χ0n) is 22.9. The van der Waals surface area contributed by atoms with E-state index in [4.69, 9.17) is 21.2 Å². The zero-order chi connectivity index (χ0) is 27.2. The molecule has 1 unspecified atom stereocenters. The van der Waals surface area contributed by atoms with E-state index >= 15 is 0 Å². The Morgan fingerprint density at radius 2 is 2.00 bits per heavy atom. The number of hydrogen-bond acceptors (Lipinski definition) is 7. The van der Waals surface area contributed by atoms with Gasteiger partial charge in [0.15, 0.2) is 6.29 Å². The van der Waals surface area contributed by atoms with E-state index in [1.54, 1.807) is 12.4 Å². The highest BCUT2D eigenvalue weighted by molar-refractivity contribution is 6.31. The lowest BCUT2D eigenvalue weighted by Gasteiger charge is -2.34. The number of anilines is 1. The van der Waals surface area contributed by atoms with Gasteiger partial charge in [-0.2, -0.15) is 0 Å². The fourth-order valence-corrected chi connectivity index (χ4v) is 5.74. The number of likely N-dealkylation sites (N-methyl/N-ethyl adjacent to an activating group) is 1. The number of carbonyl (C=O) groups is 1. The van der Waals surface area contributed by atoms with Gasteiger partial charge in [-0.25, -0.2) is 20.3 Å². The van der Waals surface area contributed by atoms with E-state index < -0.39 is 0 Å². The van der Waals surface area contributed by atoms with E-state index in [-0.39, 0.29) is 12.2 Å². The number of aromatic nitrogens is 3. The molecule has 0 aliphatic carbocycles. The predicted octanol–water partition coefficient (Wildman–Crippen LogP) is 4.59. The number of fused-ring (bicyclic) bond motifs is 1. The summed E-state index contributed by atoms with van der Waals surface area (Å²) in [5.74, 6) is 0.955. The second-order valence-electron chi connectivity index (χ2n) is 10.6. The first-order chi connectivity index (χ1) is 19.0. The Morgan fingerprint density at radius 1 is 1.21 bits per heavy atom. The van der Waals surface area contributed by atoms with Gasteiger partial charge in [0, 0.05) is 80.8 Å². The Balaban J connectivity index is 1.07. The Hall–Kier alpha value is -2.72. The topological polar surface area (TPSA) is 84.8 Å². The maximum Gasteiger partial charge on any atom is 0.278 e. The van der Waals surface area contributed by atoms with Crippen LogP contribution in [0, 0.1) is 5.92 Å². The van der Waals surface area contributed by atoms with Gasteiger partial charge < -0.3 is 19.1 Å². The van der Waals surface area contributed by atoms with Crippen LogP contribution in [-0.2, 0) is 23.0 Å². The van der Waals surface area contributed by atoms with Gasteiger partial charge in [-0.1, -0.05) is 18.5 Å². The summed E-state index contributed by atoms with van der Waals surface area (Å²) in [6.07, 6.45) is 11.0. The van der Waals surface area contributed by atoms with Crippen molar-refractivity contribution in [3.63, 3.8) is 0 Å². The molecule has 2 aromatic heterocycles. The quantitative estimate of drug-likeness (QED) is 0.367. The normalized spacial score (nSPS) is 18.7. The summed E-state index contributed by atoms with van der Waals surface area (Å²) >= 11 is 6.28. The average molecular weight is 555 g/mol. The highest BCUT2D eigenvalue weighted by Crippen LogP contribution is 2.26. The lowest BCUT2D eigenvalue weighted by atomic mass is 9.96. The van der Waals surface area contributed by atoms with E-state index in [9.17, 15) is 4.79 Å². The van der Waals surface area contributed by atoms with Gasteiger partial charge >= 0.3 is 0 Å². The highest BCUT2D eigenvalue weighted by atomic mass is 35.5. The molecule has 5 rings (SSSR count). The molecular formula is C29H39ClN6O3. The first-order valence-corrected chi connectivity index (χ1v) is 14.5. The van der Waals surface area contributed by atoms with Crippen molar-refractivity contribution in [2.45, 2.75) is 51.7 Å². The molecule has 1 atom stereocenters. The van der Waals surface area contributed by atoms with Gasteiger partial charge in [-0.05, 0) is 68.3 Å². The van der Waals surface area contributed by atoms with Crippen molar-refractivity contribution in [3.8, 4) is 0 Å². The molecule has 0 bridgehead atoms. The molecule has 1 N–H and O–H groups in total. The number of benzene rings is 1. The molecule has 0 spiro atoms. The van der Waals surface area contributed by atoms with E-state index in [2.05, 4.69) is 62.1 Å². The second-order valence-corrected chi connectivity index (χ2v) is 11.1. The van der Waals surface area contributed by atoms with Crippen molar-refractivity contribution in [1.29, 1.82) is 0 Å². The van der Waals surface area contributed by atoms with Gasteiger partial charge in [0.1, 0.15) is 0 Å². The third kappa shape index (κ3) is 7.08. The summed E-state index contributed by atoms with van der Waals surface area (Å²) in [6, 6.07) is 6.14. The van der Waals surface area contributed by atoms with Gasteiger partial charge in [-0.15, -0.1) is 0 Å². The van der Waals surface area contributed by atoms with Crippen LogP contribution in [0.4, 0.5) is 5.95 Å². The number of piperidine rings is 1. The van der Waals surface area contributed by atoms with E-state index in [0.717, 1.165) is 76.3 Å². The molecule has 2 aliphatic rings. The number of carbonyl (C=O) groups excluding carboxylic acids is 1. The predicted molar refractivity (Wildman–Crippen MR) is 153 cm³/mol. The molecule has 2 saturated heterocycles. The molecule has 39 heavy (non-hydrogen) atoms. The Morgan fingerprint density at radius 3 is 2.72 bits per heavy atom. The number of amides is 1. The van der Waals surface area contributed by atoms with Gasteiger partial charge in [-0.3, -0.25) is 4.79 Å². The highest BCUT2D eigenvalue weighted by Gasteiger charge is 2.23. The number of hydrogen-bond donors (Lipinski definition) is 1. The summed E-state index contributed by atoms with van der Waals surface area (Å²) in [5.41, 5.74) is 5.41. The third-order valence-electron chi connectivity index (χ3n) is 7.91. The van der Waals surface area contributed by atoms with Crippen molar-refractivity contribution in [2.75, 3.05) is 44.2 Å². The number of hydroxylamine groups is 1. The zero-order valence-corrected chi connectivity index (χ0v) is 23.7. The first-order valence-electron chi connectivity index (χ1n) is 14.1. The lowest BCUT2D eigenvalue weighted by molar-refractivity contribution is -0.186. The number of nitrogens with zero attached hydrogens (tertiary/aromatic N) is 5. The minimum Gasteiger partial charge on any atom is -0.350 e. The minimum atomic E-state index is -0.384. The number of ether oxygens (including phenoxy) is 1. The van der Waals surface area contributed by atoms with Gasteiger partial charge in [0.25, 0.3) is 5.91 Å². The summed E-state index contributed by atoms with van der Waals surface area (Å²) in [4.78, 5) is 31.4. The SMILES string of the molecule is CCN(CCc1cn(C)c2ccc(Cl)cc12)CC1CCN(c2ncc(C(=O)NOC3CCCCO3)cn2)CC1. The van der Waals surface area contributed by atoms with Crippen molar-refractivity contribution in [1.82, 2.24) is 24.9 Å². The Bertz CT molecular complexity index is 1240. The average Bonchev–Trinajstić information content (AvgIpc) is 3.29. The Labute approximate surface area is 235 Å². The van der Waals surface area contributed by atoms with Crippen LogP contribution in [0.5, 0.6) is 0 Å². The Kier molecular flexibility index (Phi) is 9.34. The molecule has 3 aromatic rings. The van der Waals surface area contributed by atoms with Crippen molar-refractivity contribution >= 4 is 34.4 Å². The van der Waals surface area contributed by atoms with Crippen LogP contribution in [0.2, 0.25) is 5.02 Å². The fraction of sp³-hybridized carbons (Fsp3) is 0.552. The summed E-state index contributed by atoms with van der Waals surface area (Å²) in [7, 11) is 2.10. The van der Waals surface area contributed by atoms with Gasteiger partial charge in [0.2, 0.25) is 5.95 Å². The molecule has 0 radical (unpaired) electrons. The summed E-state index contributed by atoms with van der Waals surface area (Å²) < 4.78 is 7.66. The standard InChI is InChI=1S/C29H39ClN6O3/c1-3-35(12-11-22-20-34(2)26-8-7-24(30)16-25(22)26)19-21-9-13-36(14-10-21)29-31-17-23(18-32-29)28(37)33-39-27-6-4-5-15-38-27/h7-8,16-18,20-21,27H,3-6,9-15,19H2,1-2H3,(H,33,37). The molecular weight excluding hydrogens is 516 g/mol. The van der Waals surface area contributed by atoms with E-state index in [1.807, 2.05) is 6.07 Å². The number of rotatable bonds is 10. The molecule has 0 saturated carbocycles. The monoisotopic (exact) mass is 554 g/mol. The maximum absolute atomic E-state index is 12.4. The summed E-state index contributed by atoms with van der Waals surface area (Å²) in [5, 5.41) is 2.04. The van der Waals surface area contributed by atoms with Crippen LogP contribution in [0.1, 0.15) is 54.9 Å². The third-order valence-corrected chi connectivity index (χ3v) is 8.15. The first kappa shape index (κ1) is 27.8. The molecule has 9 nitrogen and oxygen atoms in total. The van der Waals surface area contributed by atoms with Crippen LogP contribution >= 0.6 is 11.6 Å². The van der Waals surface area contributed by atoms with E-state index in [1.165, 1.54) is 16.5 Å². The second kappa shape index (κ2) is 13.1. The van der Waals surface area contributed by atoms with E-state index in [0.29, 0.717) is 24.0 Å². The number of halogens is 1. The summed E-state index contributed by atoms with van der Waals surface area (Å²) in [6.45, 7) is 7.90. The lowest BCUT2D eigenvalue weighted by Crippen LogP contribution is -2.40. The van der Waals surface area contributed by atoms with Crippen molar-refractivity contribution in [2.24, 2.45) is 13.0 Å². The molecule has 4 heterocycles. The van der Waals surface area contributed by atoms with Crippen LogP contribution in [0.3, 0.4) is 0 Å². The molecule has 1 amide bonds. The molecule has 1 aromatic carbocycles. The number of nitrogens with one attached hydrogen (secondary N) is 1. The minimum absolute atomic E-state index is 0.360. The fourth-order valence-electron chi connectivity index (χ4n) is 5.57. The van der Waals surface area contributed by atoms with Crippen LogP contribution in [0.15, 0.2) is 36.8 Å². The van der Waals surface area contributed by atoms with Crippen molar-refractivity contribution < 1.29 is 14.4 Å². The molecule has 210 valence electrons. The number of aryl methyl sites for hydroxylation is 1. The van der Waals surface area contributed by atoms with Crippen LogP contribution in [0.25, 0.3) is 10.9 Å². The molecule has 10 heteroatoms. The van der Waals surface area contributed by atoms with Crippen LogP contribution < -0.4 is 10.4 Å². The van der Waals surface area contributed by atoms with Crippen molar-refractivity contribution in [3.05, 3.63) is 52.9 Å².